The first-order chi connectivity index (χ1) is 7.63. The molecule has 1 unspecified atom stereocenters. The summed E-state index contributed by atoms with van der Waals surface area (Å²) in [6, 6.07) is 7.41. The molecule has 0 fully saturated rings. The van der Waals surface area contributed by atoms with E-state index in [4.69, 9.17) is 5.11 Å². The van der Waals surface area contributed by atoms with Gasteiger partial charge in [-0.2, -0.15) is 0 Å². The number of benzene rings is 1. The van der Waals surface area contributed by atoms with Crippen LogP contribution in [0.15, 0.2) is 24.3 Å². The quantitative estimate of drug-likeness (QED) is 0.777. The summed E-state index contributed by atoms with van der Waals surface area (Å²) in [5, 5.41) is 9.14. The van der Waals surface area contributed by atoms with Crippen LogP contribution in [-0.2, 0) is 11.2 Å². The molecule has 1 aromatic carbocycles. The summed E-state index contributed by atoms with van der Waals surface area (Å²) in [5.41, 5.74) is 1.68. The highest BCUT2D eigenvalue weighted by molar-refractivity contribution is 5.89. The second kappa shape index (κ2) is 6.28. The van der Waals surface area contributed by atoms with Crippen LogP contribution in [0.2, 0.25) is 0 Å². The van der Waals surface area contributed by atoms with Crippen molar-refractivity contribution in [2.24, 2.45) is 0 Å². The molecule has 0 saturated heterocycles. The summed E-state index contributed by atoms with van der Waals surface area (Å²) < 4.78 is 4.66. The zero-order valence-electron chi connectivity index (χ0n) is 9.77. The second-order valence-electron chi connectivity index (χ2n) is 3.93. The zero-order chi connectivity index (χ0) is 12.0. The maximum Gasteiger partial charge on any atom is 0.337 e. The lowest BCUT2D eigenvalue weighted by atomic mass is 10.0. The van der Waals surface area contributed by atoms with Gasteiger partial charge in [0.05, 0.1) is 18.8 Å². The summed E-state index contributed by atoms with van der Waals surface area (Å²) in [5.74, 6) is -0.308. The highest BCUT2D eigenvalue weighted by atomic mass is 16.5. The second-order valence-corrected chi connectivity index (χ2v) is 3.93. The predicted molar refractivity (Wildman–Crippen MR) is 62.4 cm³/mol. The molecule has 0 aromatic heterocycles. The van der Waals surface area contributed by atoms with Gasteiger partial charge in [-0.05, 0) is 43.9 Å². The Morgan fingerprint density at radius 1 is 1.50 bits per heavy atom. The van der Waals surface area contributed by atoms with Crippen LogP contribution in [0.5, 0.6) is 0 Å². The number of aryl methyl sites for hydroxylation is 1. The van der Waals surface area contributed by atoms with Gasteiger partial charge in [0.1, 0.15) is 0 Å². The van der Waals surface area contributed by atoms with Gasteiger partial charge in [-0.25, -0.2) is 4.79 Å². The van der Waals surface area contributed by atoms with Gasteiger partial charge in [0.2, 0.25) is 0 Å². The summed E-state index contributed by atoms with van der Waals surface area (Å²) in [7, 11) is 1.38. The average molecular weight is 222 g/mol. The number of hydrogen-bond donors (Lipinski definition) is 1. The summed E-state index contributed by atoms with van der Waals surface area (Å²) in [4.78, 5) is 11.3. The molecule has 3 nitrogen and oxygen atoms in total. The van der Waals surface area contributed by atoms with Gasteiger partial charge >= 0.3 is 5.97 Å². The molecule has 0 spiro atoms. The van der Waals surface area contributed by atoms with Gasteiger partial charge < -0.3 is 9.84 Å². The molecule has 1 rings (SSSR count). The molecule has 0 bridgehead atoms. The predicted octanol–water partition coefficient (Wildman–Crippen LogP) is 2.18. The third-order valence-corrected chi connectivity index (χ3v) is 2.44. The van der Waals surface area contributed by atoms with E-state index in [1.54, 1.807) is 13.0 Å². The van der Waals surface area contributed by atoms with Gasteiger partial charge in [0.15, 0.2) is 0 Å². The fourth-order valence-electron chi connectivity index (χ4n) is 1.57. The van der Waals surface area contributed by atoms with E-state index in [2.05, 4.69) is 4.74 Å². The highest BCUT2D eigenvalue weighted by Crippen LogP contribution is 2.10. The Balaban J connectivity index is 2.57. The van der Waals surface area contributed by atoms with Crippen molar-refractivity contribution in [1.29, 1.82) is 0 Å². The van der Waals surface area contributed by atoms with E-state index in [-0.39, 0.29) is 12.1 Å². The molecule has 16 heavy (non-hydrogen) atoms. The van der Waals surface area contributed by atoms with E-state index in [0.717, 1.165) is 24.8 Å². The Hall–Kier alpha value is -1.35. The molecule has 1 N–H and O–H groups in total. The van der Waals surface area contributed by atoms with Gasteiger partial charge in [0.25, 0.3) is 0 Å². The number of aliphatic hydroxyl groups excluding tert-OH is 1. The number of esters is 1. The van der Waals surface area contributed by atoms with E-state index < -0.39 is 0 Å². The van der Waals surface area contributed by atoms with Crippen LogP contribution in [-0.4, -0.2) is 24.3 Å². The Morgan fingerprint density at radius 3 is 2.88 bits per heavy atom. The highest BCUT2D eigenvalue weighted by Gasteiger charge is 2.05. The van der Waals surface area contributed by atoms with E-state index in [1.807, 2.05) is 18.2 Å². The van der Waals surface area contributed by atoms with Crippen molar-refractivity contribution < 1.29 is 14.6 Å². The largest absolute Gasteiger partial charge is 0.465 e. The number of carbonyl (C=O) groups is 1. The van der Waals surface area contributed by atoms with Crippen molar-refractivity contribution in [3.05, 3.63) is 35.4 Å². The minimum absolute atomic E-state index is 0.260. The fourth-order valence-corrected chi connectivity index (χ4v) is 1.57. The topological polar surface area (TPSA) is 46.5 Å². The van der Waals surface area contributed by atoms with E-state index in [9.17, 15) is 4.79 Å². The lowest BCUT2D eigenvalue weighted by Crippen LogP contribution is -2.03. The van der Waals surface area contributed by atoms with Gasteiger partial charge in [-0.15, -0.1) is 0 Å². The minimum atomic E-state index is -0.308. The molecular formula is C13H18O3. The monoisotopic (exact) mass is 222 g/mol. The molecule has 0 aliphatic carbocycles. The molecule has 0 radical (unpaired) electrons. The van der Waals surface area contributed by atoms with Crippen LogP contribution in [0.1, 0.15) is 35.7 Å². The van der Waals surface area contributed by atoms with Crippen LogP contribution < -0.4 is 0 Å². The van der Waals surface area contributed by atoms with Crippen LogP contribution in [0.4, 0.5) is 0 Å². The minimum Gasteiger partial charge on any atom is -0.465 e. The molecule has 1 atom stereocenters. The van der Waals surface area contributed by atoms with Gasteiger partial charge in [-0.3, -0.25) is 0 Å². The number of hydrogen-bond acceptors (Lipinski definition) is 3. The third-order valence-electron chi connectivity index (χ3n) is 2.44. The van der Waals surface area contributed by atoms with E-state index >= 15 is 0 Å². The molecule has 88 valence electrons. The molecule has 0 aliphatic heterocycles. The molecule has 1 aromatic rings. The van der Waals surface area contributed by atoms with Crippen molar-refractivity contribution in [2.45, 2.75) is 32.3 Å². The maximum absolute atomic E-state index is 11.3. The fraction of sp³-hybridized carbons (Fsp3) is 0.462. The Morgan fingerprint density at radius 2 is 2.25 bits per heavy atom. The van der Waals surface area contributed by atoms with Gasteiger partial charge in [0, 0.05) is 0 Å². The normalized spacial score (nSPS) is 12.2. The molecule has 0 heterocycles. The first-order valence-electron chi connectivity index (χ1n) is 5.49. The SMILES string of the molecule is COC(=O)c1cccc(CCCC(C)O)c1. The maximum atomic E-state index is 11.3. The molecule has 0 saturated carbocycles. The third kappa shape index (κ3) is 4.03. The summed E-state index contributed by atoms with van der Waals surface area (Å²) in [6.45, 7) is 1.78. The van der Waals surface area contributed by atoms with E-state index in [0.29, 0.717) is 5.56 Å². The van der Waals surface area contributed by atoms with Crippen molar-refractivity contribution >= 4 is 5.97 Å². The molecule has 0 aliphatic rings. The van der Waals surface area contributed by atoms with Crippen LogP contribution in [0.3, 0.4) is 0 Å². The molecule has 3 heteroatoms. The lowest BCUT2D eigenvalue weighted by molar-refractivity contribution is 0.0600. The average Bonchev–Trinajstić information content (AvgIpc) is 2.28. The lowest BCUT2D eigenvalue weighted by Gasteiger charge is -2.05. The van der Waals surface area contributed by atoms with Crippen molar-refractivity contribution in [3.63, 3.8) is 0 Å². The van der Waals surface area contributed by atoms with Crippen molar-refractivity contribution in [3.8, 4) is 0 Å². The smallest absolute Gasteiger partial charge is 0.337 e. The Bertz CT molecular complexity index is 345. The Kier molecular flexibility index (Phi) is 4.99. The molecule has 0 amide bonds. The number of rotatable bonds is 5. The zero-order valence-corrected chi connectivity index (χ0v) is 9.77. The Labute approximate surface area is 96.1 Å². The van der Waals surface area contributed by atoms with Gasteiger partial charge in [-0.1, -0.05) is 12.1 Å². The first-order valence-corrected chi connectivity index (χ1v) is 5.49. The number of aliphatic hydroxyl groups is 1. The number of methoxy groups -OCH3 is 1. The van der Waals surface area contributed by atoms with Crippen LogP contribution in [0.25, 0.3) is 0 Å². The van der Waals surface area contributed by atoms with Crippen LogP contribution >= 0.6 is 0 Å². The summed E-state index contributed by atoms with van der Waals surface area (Å²) in [6.07, 6.45) is 2.31. The van der Waals surface area contributed by atoms with E-state index in [1.165, 1.54) is 7.11 Å². The summed E-state index contributed by atoms with van der Waals surface area (Å²) >= 11 is 0. The number of ether oxygens (including phenoxy) is 1. The number of carbonyl (C=O) groups excluding carboxylic acids is 1. The molecular weight excluding hydrogens is 204 g/mol. The van der Waals surface area contributed by atoms with Crippen molar-refractivity contribution in [2.75, 3.05) is 7.11 Å². The first kappa shape index (κ1) is 12.7. The van der Waals surface area contributed by atoms with Crippen molar-refractivity contribution in [1.82, 2.24) is 0 Å². The standard InChI is InChI=1S/C13H18O3/c1-10(14)5-3-6-11-7-4-8-12(9-11)13(15)16-2/h4,7-10,14H,3,5-6H2,1-2H3. The van der Waals surface area contributed by atoms with Crippen LogP contribution in [0, 0.1) is 0 Å².